The number of nitrogens with two attached hydrogens (primary N) is 1. The fraction of sp³-hybridized carbons (Fsp3) is 0.353. The Labute approximate surface area is 186 Å². The lowest BCUT2D eigenvalue weighted by Crippen LogP contribution is -2.40. The van der Waals surface area contributed by atoms with E-state index in [0.717, 1.165) is 0 Å². The van der Waals surface area contributed by atoms with E-state index in [1.54, 1.807) is 25.6 Å². The minimum absolute atomic E-state index is 0.0134. The molecule has 0 amide bonds. The fourth-order valence-electron chi connectivity index (χ4n) is 2.98. The molecule has 0 unspecified atom stereocenters. The molecule has 0 atom stereocenters. The van der Waals surface area contributed by atoms with Crippen LogP contribution in [-0.2, 0) is 6.54 Å². The standard InChI is InChI=1S/C17H19Cl2N9O3/c1-9(21-3)12(7-20)27-10(2)13(28(29)30)16(25-27)31-6-4-5-26-15-11(14(18)24-26)8-22-17(19)23-15/h7-8H,4-6H2,1-3H3,(H2,20,21)/p+1. The van der Waals surface area contributed by atoms with Gasteiger partial charge in [-0.2, -0.15) is 10.1 Å². The van der Waals surface area contributed by atoms with Gasteiger partial charge in [-0.15, -0.1) is 5.10 Å². The van der Waals surface area contributed by atoms with Crippen molar-refractivity contribution in [3.63, 3.8) is 0 Å². The fourth-order valence-corrected chi connectivity index (χ4v) is 3.34. The number of halogens is 2. The van der Waals surface area contributed by atoms with Crippen molar-refractivity contribution in [1.29, 1.82) is 0 Å². The molecule has 31 heavy (non-hydrogen) atoms. The highest BCUT2D eigenvalue weighted by Crippen LogP contribution is 2.28. The molecule has 3 aromatic heterocycles. The van der Waals surface area contributed by atoms with Gasteiger partial charge in [0.2, 0.25) is 5.28 Å². The van der Waals surface area contributed by atoms with Crippen LogP contribution >= 0.6 is 23.2 Å². The zero-order valence-corrected chi connectivity index (χ0v) is 18.5. The predicted molar refractivity (Wildman–Crippen MR) is 115 cm³/mol. The van der Waals surface area contributed by atoms with Crippen molar-refractivity contribution < 1.29 is 14.3 Å². The molecule has 0 aliphatic carbocycles. The minimum Gasteiger partial charge on any atom is -0.471 e. The molecule has 3 N–H and O–H groups in total. The maximum Gasteiger partial charge on any atom is 0.402 e. The smallest absolute Gasteiger partial charge is 0.402 e. The number of aliphatic imine (C=N–C) groups is 1. The van der Waals surface area contributed by atoms with Gasteiger partial charge in [-0.05, 0) is 18.5 Å². The van der Waals surface area contributed by atoms with Crippen LogP contribution < -0.4 is 15.2 Å². The molecule has 0 aromatic carbocycles. The largest absolute Gasteiger partial charge is 0.471 e. The van der Waals surface area contributed by atoms with E-state index in [9.17, 15) is 10.1 Å². The highest BCUT2D eigenvalue weighted by atomic mass is 35.5. The SMILES string of the molecule is CN=C(C)/C(=C\N)[n+]1[nH]c(OCCCn2nc(Cl)c3cnc(Cl)nc32)c([N+](=O)[O-])c1C. The molecule has 0 fully saturated rings. The molecule has 0 saturated heterocycles. The summed E-state index contributed by atoms with van der Waals surface area (Å²) in [4.78, 5) is 23.2. The lowest BCUT2D eigenvalue weighted by atomic mass is 10.3. The first-order valence-electron chi connectivity index (χ1n) is 9.10. The maximum absolute atomic E-state index is 11.6. The zero-order chi connectivity index (χ0) is 22.7. The molecule has 0 bridgehead atoms. The highest BCUT2D eigenvalue weighted by Gasteiger charge is 2.35. The molecule has 0 aliphatic heterocycles. The molecule has 0 aliphatic rings. The Morgan fingerprint density at radius 3 is 2.90 bits per heavy atom. The highest BCUT2D eigenvalue weighted by molar-refractivity contribution is 6.34. The number of aromatic nitrogens is 6. The van der Waals surface area contributed by atoms with E-state index < -0.39 is 4.92 Å². The predicted octanol–water partition coefficient (Wildman–Crippen LogP) is 2.28. The Kier molecular flexibility index (Phi) is 6.71. The average molecular weight is 469 g/mol. The number of allylic oxidation sites excluding steroid dienone is 1. The minimum atomic E-state index is -0.510. The van der Waals surface area contributed by atoms with Crippen molar-refractivity contribution in [2.24, 2.45) is 10.7 Å². The Balaban J connectivity index is 1.77. The van der Waals surface area contributed by atoms with Crippen molar-refractivity contribution in [2.45, 2.75) is 26.8 Å². The second-order valence-electron chi connectivity index (χ2n) is 6.42. The summed E-state index contributed by atoms with van der Waals surface area (Å²) >= 11 is 12.0. The van der Waals surface area contributed by atoms with E-state index in [0.29, 0.717) is 41.1 Å². The van der Waals surface area contributed by atoms with E-state index in [1.165, 1.54) is 17.1 Å². The monoisotopic (exact) mass is 468 g/mol. The third-order valence-corrected chi connectivity index (χ3v) is 5.03. The van der Waals surface area contributed by atoms with Gasteiger partial charge in [0.1, 0.15) is 5.71 Å². The topological polar surface area (TPSA) is 154 Å². The van der Waals surface area contributed by atoms with Gasteiger partial charge in [-0.3, -0.25) is 15.1 Å². The number of hydrogen-bond donors (Lipinski definition) is 2. The van der Waals surface area contributed by atoms with Gasteiger partial charge in [0, 0.05) is 33.1 Å². The number of H-pyrrole nitrogens is 1. The second kappa shape index (κ2) is 9.27. The van der Waals surface area contributed by atoms with E-state index in [1.807, 2.05) is 0 Å². The quantitative estimate of drug-likeness (QED) is 0.128. The van der Waals surface area contributed by atoms with E-state index in [4.69, 9.17) is 33.7 Å². The lowest BCUT2D eigenvalue weighted by Gasteiger charge is -2.04. The number of aryl methyl sites for hydroxylation is 1. The average Bonchev–Trinajstić information content (AvgIpc) is 3.22. The number of hydrogen-bond acceptors (Lipinski definition) is 8. The number of nitro groups is 1. The van der Waals surface area contributed by atoms with Gasteiger partial charge in [0.15, 0.2) is 10.8 Å². The van der Waals surface area contributed by atoms with Crippen LogP contribution in [0.3, 0.4) is 0 Å². The van der Waals surface area contributed by atoms with E-state index in [2.05, 4.69) is 25.2 Å². The van der Waals surface area contributed by atoms with Crippen LogP contribution in [0.25, 0.3) is 16.7 Å². The van der Waals surface area contributed by atoms with Crippen LogP contribution in [0.1, 0.15) is 19.0 Å². The van der Waals surface area contributed by atoms with Gasteiger partial charge in [0.05, 0.1) is 23.1 Å². The molecular weight excluding hydrogens is 449 g/mol. The Bertz CT molecular complexity index is 1200. The molecule has 164 valence electrons. The van der Waals surface area contributed by atoms with Crippen molar-refractivity contribution in [3.8, 4) is 5.88 Å². The number of ether oxygens (including phenoxy) is 1. The van der Waals surface area contributed by atoms with Crippen LogP contribution in [-0.4, -0.2) is 49.1 Å². The Morgan fingerprint density at radius 1 is 1.52 bits per heavy atom. The Morgan fingerprint density at radius 2 is 2.26 bits per heavy atom. The van der Waals surface area contributed by atoms with Crippen molar-refractivity contribution in [3.05, 3.63) is 38.6 Å². The second-order valence-corrected chi connectivity index (χ2v) is 7.12. The van der Waals surface area contributed by atoms with Gasteiger partial charge in [-0.1, -0.05) is 16.3 Å². The summed E-state index contributed by atoms with van der Waals surface area (Å²) < 4.78 is 8.72. The summed E-state index contributed by atoms with van der Waals surface area (Å²) in [6, 6.07) is 0. The summed E-state index contributed by atoms with van der Waals surface area (Å²) in [7, 11) is 1.60. The Hall–Kier alpha value is -3.25. The number of rotatable bonds is 8. The molecule has 12 nitrogen and oxygen atoms in total. The first-order valence-corrected chi connectivity index (χ1v) is 9.86. The van der Waals surface area contributed by atoms with Crippen LogP contribution in [0.2, 0.25) is 10.4 Å². The molecule has 3 heterocycles. The summed E-state index contributed by atoms with van der Waals surface area (Å²) in [5.41, 5.74) is 7.41. The van der Waals surface area contributed by atoms with E-state index in [-0.39, 0.29) is 28.6 Å². The van der Waals surface area contributed by atoms with Gasteiger partial charge >= 0.3 is 11.6 Å². The van der Waals surface area contributed by atoms with Crippen molar-refractivity contribution in [2.75, 3.05) is 13.7 Å². The third-order valence-electron chi connectivity index (χ3n) is 4.57. The normalized spacial score (nSPS) is 12.5. The van der Waals surface area contributed by atoms with Crippen LogP contribution in [0, 0.1) is 17.0 Å². The van der Waals surface area contributed by atoms with Gasteiger partial charge in [0.25, 0.3) is 11.4 Å². The third kappa shape index (κ3) is 4.44. The summed E-state index contributed by atoms with van der Waals surface area (Å²) in [6.45, 7) is 3.91. The molecule has 0 saturated carbocycles. The van der Waals surface area contributed by atoms with Gasteiger partial charge < -0.3 is 10.5 Å². The number of nitrogens with one attached hydrogen (secondary N) is 1. The van der Waals surface area contributed by atoms with Crippen LogP contribution in [0.5, 0.6) is 5.88 Å². The summed E-state index contributed by atoms with van der Waals surface area (Å²) in [5.74, 6) is 0.0134. The molecule has 14 heteroatoms. The van der Waals surface area contributed by atoms with E-state index >= 15 is 0 Å². The molecular formula is C17H20Cl2N9O3+. The lowest BCUT2D eigenvalue weighted by molar-refractivity contribution is -0.645. The first kappa shape index (κ1) is 22.4. The molecule has 0 radical (unpaired) electrons. The number of nitrogens with zero attached hydrogens (tertiary/aromatic N) is 7. The summed E-state index contributed by atoms with van der Waals surface area (Å²) in [6.07, 6.45) is 3.29. The first-order chi connectivity index (χ1) is 14.8. The number of fused-ring (bicyclic) bond motifs is 1. The molecule has 3 aromatic rings. The zero-order valence-electron chi connectivity index (χ0n) is 17.0. The number of aromatic amines is 1. The van der Waals surface area contributed by atoms with Crippen LogP contribution in [0.4, 0.5) is 5.69 Å². The van der Waals surface area contributed by atoms with Gasteiger partial charge in [-0.25, -0.2) is 9.67 Å². The van der Waals surface area contributed by atoms with Crippen LogP contribution in [0.15, 0.2) is 17.4 Å². The molecule has 3 rings (SSSR count). The maximum atomic E-state index is 11.6. The van der Waals surface area contributed by atoms with Crippen molar-refractivity contribution >= 4 is 51.3 Å². The van der Waals surface area contributed by atoms with Crippen molar-refractivity contribution in [1.82, 2.24) is 24.8 Å². The summed E-state index contributed by atoms with van der Waals surface area (Å²) in [5, 5.41) is 19.6. The molecule has 0 spiro atoms.